The van der Waals surface area contributed by atoms with Crippen LogP contribution in [0.2, 0.25) is 5.02 Å². The van der Waals surface area contributed by atoms with Crippen LogP contribution in [0.15, 0.2) is 18.2 Å². The van der Waals surface area contributed by atoms with Crippen LogP contribution < -0.4 is 10.6 Å². The van der Waals surface area contributed by atoms with E-state index in [1.54, 1.807) is 6.07 Å². The summed E-state index contributed by atoms with van der Waals surface area (Å²) in [5.74, 6) is -0.0649. The summed E-state index contributed by atoms with van der Waals surface area (Å²) in [6.07, 6.45) is 0. The van der Waals surface area contributed by atoms with Crippen LogP contribution in [0.4, 0.5) is 5.69 Å². The molecule has 0 radical (unpaired) electrons. The molecule has 5 heteroatoms. The minimum absolute atomic E-state index is 0.00620. The van der Waals surface area contributed by atoms with Gasteiger partial charge in [0.15, 0.2) is 0 Å². The molecule has 0 atom stereocenters. The number of hydrogen-bond donors (Lipinski definition) is 2. The molecule has 0 heterocycles. The lowest BCUT2D eigenvalue weighted by atomic mass is 10.0. The van der Waals surface area contributed by atoms with E-state index in [-0.39, 0.29) is 18.0 Å². The number of anilines is 1. The van der Waals surface area contributed by atoms with Crippen LogP contribution in [0, 0.1) is 6.92 Å². The number of carbonyl (C=O) groups excluding carboxylic acids is 1. The van der Waals surface area contributed by atoms with Crippen LogP contribution in [0.1, 0.15) is 19.4 Å². The molecule has 0 fully saturated rings. The maximum atomic E-state index is 11.9. The number of halogens is 1. The summed E-state index contributed by atoms with van der Waals surface area (Å²) in [7, 11) is 4.05. The Morgan fingerprint density at radius 3 is 2.60 bits per heavy atom. The van der Waals surface area contributed by atoms with Crippen molar-refractivity contribution in [2.24, 2.45) is 0 Å². The summed E-state index contributed by atoms with van der Waals surface area (Å²) in [4.78, 5) is 14.0. The summed E-state index contributed by atoms with van der Waals surface area (Å²) < 4.78 is 0. The molecular weight excluding hydrogens is 274 g/mol. The molecule has 0 aliphatic rings. The standard InChI is InChI=1S/C15H24ClN3O/c1-11-6-7-12(16)8-13(11)18-14(20)9-17-10-15(2,3)19(4)5/h6-8,17H,9-10H2,1-5H3,(H,18,20). The van der Waals surface area contributed by atoms with E-state index in [1.165, 1.54) is 0 Å². The summed E-state index contributed by atoms with van der Waals surface area (Å²) in [6, 6.07) is 5.46. The van der Waals surface area contributed by atoms with Gasteiger partial charge in [-0.3, -0.25) is 4.79 Å². The number of aryl methyl sites for hydroxylation is 1. The second-order valence-corrected chi connectivity index (χ2v) is 6.25. The SMILES string of the molecule is Cc1ccc(Cl)cc1NC(=O)CNCC(C)(C)N(C)C. The van der Waals surface area contributed by atoms with Crippen molar-refractivity contribution >= 4 is 23.2 Å². The Morgan fingerprint density at radius 2 is 2.00 bits per heavy atom. The highest BCUT2D eigenvalue weighted by Gasteiger charge is 2.19. The third-order valence-electron chi connectivity index (χ3n) is 3.53. The molecule has 0 unspecified atom stereocenters. The van der Waals surface area contributed by atoms with Gasteiger partial charge in [0.25, 0.3) is 0 Å². The molecule has 1 amide bonds. The van der Waals surface area contributed by atoms with E-state index in [1.807, 2.05) is 33.2 Å². The predicted molar refractivity (Wildman–Crippen MR) is 85.5 cm³/mol. The van der Waals surface area contributed by atoms with Crippen molar-refractivity contribution in [2.75, 3.05) is 32.5 Å². The largest absolute Gasteiger partial charge is 0.325 e. The molecule has 0 bridgehead atoms. The van der Waals surface area contributed by atoms with Crippen molar-refractivity contribution in [3.63, 3.8) is 0 Å². The zero-order chi connectivity index (χ0) is 15.3. The Morgan fingerprint density at radius 1 is 1.35 bits per heavy atom. The number of likely N-dealkylation sites (N-methyl/N-ethyl adjacent to an activating group) is 1. The smallest absolute Gasteiger partial charge is 0.238 e. The van der Waals surface area contributed by atoms with E-state index in [0.717, 1.165) is 17.8 Å². The first-order valence-corrected chi connectivity index (χ1v) is 7.04. The van der Waals surface area contributed by atoms with Gasteiger partial charge in [0, 0.05) is 22.8 Å². The molecule has 1 aromatic rings. The molecular formula is C15H24ClN3O. The minimum Gasteiger partial charge on any atom is -0.325 e. The first-order chi connectivity index (χ1) is 9.22. The van der Waals surface area contributed by atoms with E-state index in [2.05, 4.69) is 29.4 Å². The van der Waals surface area contributed by atoms with Crippen molar-refractivity contribution < 1.29 is 4.79 Å². The number of nitrogens with zero attached hydrogens (tertiary/aromatic N) is 1. The van der Waals surface area contributed by atoms with Gasteiger partial charge in [0.1, 0.15) is 0 Å². The number of benzene rings is 1. The molecule has 0 spiro atoms. The van der Waals surface area contributed by atoms with Gasteiger partial charge in [-0.2, -0.15) is 0 Å². The first kappa shape index (κ1) is 17.0. The number of rotatable bonds is 6. The lowest BCUT2D eigenvalue weighted by molar-refractivity contribution is -0.115. The van der Waals surface area contributed by atoms with E-state index in [0.29, 0.717) is 5.02 Å². The Bertz CT molecular complexity index is 472. The molecule has 2 N–H and O–H groups in total. The van der Waals surface area contributed by atoms with Crippen LogP contribution in [0.3, 0.4) is 0 Å². The first-order valence-electron chi connectivity index (χ1n) is 6.66. The van der Waals surface area contributed by atoms with Gasteiger partial charge in [-0.25, -0.2) is 0 Å². The molecule has 0 aliphatic heterocycles. The van der Waals surface area contributed by atoms with Crippen molar-refractivity contribution in [3.8, 4) is 0 Å². The number of amides is 1. The van der Waals surface area contributed by atoms with Crippen molar-refractivity contribution in [1.29, 1.82) is 0 Å². The third-order valence-corrected chi connectivity index (χ3v) is 3.76. The van der Waals surface area contributed by atoms with Crippen LogP contribution in [0.5, 0.6) is 0 Å². The molecule has 0 aromatic heterocycles. The molecule has 20 heavy (non-hydrogen) atoms. The van der Waals surface area contributed by atoms with Gasteiger partial charge in [0.2, 0.25) is 5.91 Å². The van der Waals surface area contributed by atoms with Crippen LogP contribution in [-0.4, -0.2) is 43.5 Å². The topological polar surface area (TPSA) is 44.4 Å². The summed E-state index contributed by atoms with van der Waals surface area (Å²) in [6.45, 7) is 7.21. The second-order valence-electron chi connectivity index (χ2n) is 5.82. The zero-order valence-corrected chi connectivity index (χ0v) is 13.6. The Balaban J connectivity index is 2.47. The van der Waals surface area contributed by atoms with Gasteiger partial charge >= 0.3 is 0 Å². The second kappa shape index (κ2) is 7.07. The zero-order valence-electron chi connectivity index (χ0n) is 12.9. The quantitative estimate of drug-likeness (QED) is 0.848. The molecule has 0 saturated carbocycles. The lowest BCUT2D eigenvalue weighted by Gasteiger charge is -2.32. The molecule has 1 aromatic carbocycles. The summed E-state index contributed by atoms with van der Waals surface area (Å²) in [5.41, 5.74) is 1.76. The van der Waals surface area contributed by atoms with E-state index < -0.39 is 0 Å². The Labute approximate surface area is 126 Å². The highest BCUT2D eigenvalue weighted by atomic mass is 35.5. The maximum Gasteiger partial charge on any atom is 0.238 e. The van der Waals surface area contributed by atoms with Crippen LogP contribution >= 0.6 is 11.6 Å². The van der Waals surface area contributed by atoms with Gasteiger partial charge in [0.05, 0.1) is 6.54 Å². The molecule has 112 valence electrons. The summed E-state index contributed by atoms with van der Waals surface area (Å²) in [5, 5.41) is 6.66. The van der Waals surface area contributed by atoms with Crippen molar-refractivity contribution in [3.05, 3.63) is 28.8 Å². The van der Waals surface area contributed by atoms with Crippen LogP contribution in [0.25, 0.3) is 0 Å². The highest BCUT2D eigenvalue weighted by molar-refractivity contribution is 6.31. The molecule has 0 aliphatic carbocycles. The molecule has 0 saturated heterocycles. The number of nitrogens with one attached hydrogen (secondary N) is 2. The van der Waals surface area contributed by atoms with Gasteiger partial charge < -0.3 is 15.5 Å². The fourth-order valence-corrected chi connectivity index (χ4v) is 1.74. The minimum atomic E-state index is -0.0649. The van der Waals surface area contributed by atoms with E-state index >= 15 is 0 Å². The van der Waals surface area contributed by atoms with Crippen molar-refractivity contribution in [1.82, 2.24) is 10.2 Å². The highest BCUT2D eigenvalue weighted by Crippen LogP contribution is 2.19. The lowest BCUT2D eigenvalue weighted by Crippen LogP contribution is -2.48. The average Bonchev–Trinajstić information content (AvgIpc) is 2.33. The summed E-state index contributed by atoms with van der Waals surface area (Å²) >= 11 is 5.93. The average molecular weight is 298 g/mol. The van der Waals surface area contributed by atoms with Crippen LogP contribution in [-0.2, 0) is 4.79 Å². The monoisotopic (exact) mass is 297 g/mol. The third kappa shape index (κ3) is 5.12. The van der Waals surface area contributed by atoms with Gasteiger partial charge in [-0.05, 0) is 52.6 Å². The maximum absolute atomic E-state index is 11.9. The fourth-order valence-electron chi connectivity index (χ4n) is 1.56. The van der Waals surface area contributed by atoms with Crippen molar-refractivity contribution in [2.45, 2.75) is 26.3 Å². The Kier molecular flexibility index (Phi) is 5.99. The Hall–Kier alpha value is -1.10. The molecule has 1 rings (SSSR count). The van der Waals surface area contributed by atoms with E-state index in [9.17, 15) is 4.79 Å². The number of hydrogen-bond acceptors (Lipinski definition) is 3. The fraction of sp³-hybridized carbons (Fsp3) is 0.533. The molecule has 4 nitrogen and oxygen atoms in total. The number of carbonyl (C=O) groups is 1. The van der Waals surface area contributed by atoms with Gasteiger partial charge in [-0.15, -0.1) is 0 Å². The predicted octanol–water partition coefficient (Wildman–Crippen LogP) is 2.52. The van der Waals surface area contributed by atoms with Gasteiger partial charge in [-0.1, -0.05) is 17.7 Å². The van der Waals surface area contributed by atoms with E-state index in [4.69, 9.17) is 11.6 Å². The normalized spacial score (nSPS) is 11.8.